The van der Waals surface area contributed by atoms with Crippen LogP contribution >= 0.6 is 0 Å². The van der Waals surface area contributed by atoms with E-state index >= 15 is 0 Å². The zero-order valence-corrected chi connectivity index (χ0v) is 18.1. The fourth-order valence-corrected chi connectivity index (χ4v) is 3.87. The van der Waals surface area contributed by atoms with Gasteiger partial charge in [0.25, 0.3) is 0 Å². The van der Waals surface area contributed by atoms with Crippen molar-refractivity contribution in [3.8, 4) is 11.8 Å². The third-order valence-electron chi connectivity index (χ3n) is 5.73. The summed E-state index contributed by atoms with van der Waals surface area (Å²) in [5.74, 6) is 5.50. The van der Waals surface area contributed by atoms with Gasteiger partial charge >= 0.3 is 12.2 Å². The average Bonchev–Trinajstić information content (AvgIpc) is 3.06. The van der Waals surface area contributed by atoms with Crippen molar-refractivity contribution in [2.24, 2.45) is 0 Å². The number of amides is 3. The number of benzene rings is 1. The Bertz CT molecular complexity index is 847. The number of nitrogens with zero attached hydrogens (tertiary/aromatic N) is 3. The first-order valence-corrected chi connectivity index (χ1v) is 11.0. The van der Waals surface area contributed by atoms with E-state index < -0.39 is 11.7 Å². The molecule has 2 aliphatic heterocycles. The van der Waals surface area contributed by atoms with Crippen LogP contribution in [0.3, 0.4) is 0 Å². The highest BCUT2D eigenvalue weighted by molar-refractivity contribution is 5.78. The Balaban J connectivity index is 1.39. The second kappa shape index (κ2) is 11.2. The van der Waals surface area contributed by atoms with Crippen molar-refractivity contribution in [2.75, 3.05) is 52.4 Å². The molecule has 0 atom stereocenters. The molecule has 2 fully saturated rings. The molecule has 1 aromatic carbocycles. The van der Waals surface area contributed by atoms with Gasteiger partial charge in [-0.15, -0.1) is 0 Å². The van der Waals surface area contributed by atoms with Gasteiger partial charge in [-0.2, -0.15) is 13.2 Å². The minimum absolute atomic E-state index is 0.0444. The molecule has 0 unspecified atom stereocenters. The Morgan fingerprint density at radius 1 is 0.938 bits per heavy atom. The molecule has 6 nitrogen and oxygen atoms in total. The lowest BCUT2D eigenvalue weighted by Crippen LogP contribution is -2.53. The molecule has 2 heterocycles. The number of piperazine rings is 1. The Morgan fingerprint density at radius 2 is 1.62 bits per heavy atom. The van der Waals surface area contributed by atoms with E-state index in [1.165, 1.54) is 25.0 Å². The second-order valence-corrected chi connectivity index (χ2v) is 8.10. The summed E-state index contributed by atoms with van der Waals surface area (Å²) >= 11 is 0. The van der Waals surface area contributed by atoms with Crippen LogP contribution < -0.4 is 5.32 Å². The van der Waals surface area contributed by atoms with Crippen LogP contribution in [-0.4, -0.2) is 79.0 Å². The van der Waals surface area contributed by atoms with Gasteiger partial charge in [-0.1, -0.05) is 30.7 Å². The monoisotopic (exact) mass is 450 g/mol. The third-order valence-corrected chi connectivity index (χ3v) is 5.73. The molecular weight excluding hydrogens is 421 g/mol. The first-order chi connectivity index (χ1) is 15.3. The second-order valence-electron chi connectivity index (χ2n) is 8.10. The number of urea groups is 1. The van der Waals surface area contributed by atoms with Gasteiger partial charge in [-0.05, 0) is 31.0 Å². The fourth-order valence-electron chi connectivity index (χ4n) is 3.87. The first kappa shape index (κ1) is 23.9. The summed E-state index contributed by atoms with van der Waals surface area (Å²) < 4.78 is 38.2. The molecule has 0 spiro atoms. The standard InChI is InChI=1S/C23H29F3N4O2/c24-23(25,26)20-9-5-7-19(17-20)8-6-10-27-22(32)30-15-13-28(14-16-30)18-21(31)29-11-3-1-2-4-12-29/h5,7,9,17H,1-4,10-16,18H2,(H,27,32). The third kappa shape index (κ3) is 7.16. The van der Waals surface area contributed by atoms with E-state index in [0.29, 0.717) is 32.7 Å². The highest BCUT2D eigenvalue weighted by Crippen LogP contribution is 2.29. The van der Waals surface area contributed by atoms with E-state index in [-0.39, 0.29) is 24.0 Å². The van der Waals surface area contributed by atoms with Crippen LogP contribution in [0.5, 0.6) is 0 Å². The average molecular weight is 451 g/mol. The van der Waals surface area contributed by atoms with Gasteiger partial charge in [0.2, 0.25) is 5.91 Å². The Kier molecular flexibility index (Phi) is 8.39. The summed E-state index contributed by atoms with van der Waals surface area (Å²) in [6.45, 7) is 4.39. The molecule has 2 saturated heterocycles. The summed E-state index contributed by atoms with van der Waals surface area (Å²) in [4.78, 5) is 30.5. The van der Waals surface area contributed by atoms with Crippen LogP contribution in [0, 0.1) is 11.8 Å². The van der Waals surface area contributed by atoms with Crippen molar-refractivity contribution in [2.45, 2.75) is 31.9 Å². The minimum Gasteiger partial charge on any atom is -0.342 e. The first-order valence-electron chi connectivity index (χ1n) is 11.0. The van der Waals surface area contributed by atoms with Crippen LogP contribution in [0.25, 0.3) is 0 Å². The van der Waals surface area contributed by atoms with E-state index in [2.05, 4.69) is 22.1 Å². The normalized spacial score (nSPS) is 17.8. The molecule has 2 aliphatic rings. The van der Waals surface area contributed by atoms with Gasteiger partial charge in [0.1, 0.15) is 0 Å². The number of rotatable bonds is 3. The van der Waals surface area contributed by atoms with Gasteiger partial charge in [-0.3, -0.25) is 9.69 Å². The van der Waals surface area contributed by atoms with E-state index in [4.69, 9.17) is 0 Å². The Hall–Kier alpha value is -2.73. The van der Waals surface area contributed by atoms with Gasteiger partial charge in [0.05, 0.1) is 18.7 Å². The Morgan fingerprint density at radius 3 is 2.28 bits per heavy atom. The summed E-state index contributed by atoms with van der Waals surface area (Å²) in [5.41, 5.74) is -0.503. The molecule has 3 amide bonds. The lowest BCUT2D eigenvalue weighted by atomic mass is 10.1. The van der Waals surface area contributed by atoms with Gasteiger partial charge in [0, 0.05) is 44.8 Å². The van der Waals surface area contributed by atoms with Crippen molar-refractivity contribution in [3.63, 3.8) is 0 Å². The maximum atomic E-state index is 12.7. The molecule has 0 radical (unpaired) electrons. The molecular formula is C23H29F3N4O2. The number of hydrogen-bond donors (Lipinski definition) is 1. The molecule has 0 saturated carbocycles. The van der Waals surface area contributed by atoms with E-state index in [1.54, 1.807) is 4.90 Å². The van der Waals surface area contributed by atoms with E-state index in [1.807, 2.05) is 4.90 Å². The lowest BCUT2D eigenvalue weighted by molar-refractivity contribution is -0.137. The number of nitrogens with one attached hydrogen (secondary N) is 1. The molecule has 32 heavy (non-hydrogen) atoms. The summed E-state index contributed by atoms with van der Waals surface area (Å²) in [6, 6.07) is 4.52. The number of likely N-dealkylation sites (tertiary alicyclic amines) is 1. The number of hydrogen-bond acceptors (Lipinski definition) is 3. The number of halogens is 3. The number of carbonyl (C=O) groups excluding carboxylic acids is 2. The molecule has 3 rings (SSSR count). The van der Waals surface area contributed by atoms with Crippen LogP contribution in [-0.2, 0) is 11.0 Å². The maximum absolute atomic E-state index is 12.7. The molecule has 1 aromatic rings. The van der Waals surface area contributed by atoms with Crippen LogP contribution in [0.1, 0.15) is 36.8 Å². The predicted molar refractivity (Wildman–Crippen MR) is 115 cm³/mol. The summed E-state index contributed by atoms with van der Waals surface area (Å²) in [5, 5.41) is 2.68. The number of carbonyl (C=O) groups is 2. The quantitative estimate of drug-likeness (QED) is 0.721. The van der Waals surface area contributed by atoms with Gasteiger partial charge in [0.15, 0.2) is 0 Å². The summed E-state index contributed by atoms with van der Waals surface area (Å²) in [6.07, 6.45) is 0.0855. The van der Waals surface area contributed by atoms with E-state index in [9.17, 15) is 22.8 Å². The van der Waals surface area contributed by atoms with Crippen molar-refractivity contribution >= 4 is 11.9 Å². The van der Waals surface area contributed by atoms with Crippen molar-refractivity contribution in [1.82, 2.24) is 20.0 Å². The molecule has 1 N–H and O–H groups in total. The molecule has 174 valence electrons. The van der Waals surface area contributed by atoms with Gasteiger partial charge < -0.3 is 15.1 Å². The van der Waals surface area contributed by atoms with Gasteiger partial charge in [-0.25, -0.2) is 4.79 Å². The highest BCUT2D eigenvalue weighted by Gasteiger charge is 2.30. The Labute approximate surface area is 186 Å². The molecule has 0 aliphatic carbocycles. The highest BCUT2D eigenvalue weighted by atomic mass is 19.4. The molecule has 0 bridgehead atoms. The van der Waals surface area contributed by atoms with Crippen molar-refractivity contribution in [3.05, 3.63) is 35.4 Å². The SMILES string of the molecule is O=C(CN1CCN(C(=O)NCC#Cc2cccc(C(F)(F)F)c2)CC1)N1CCCCCC1. The predicted octanol–water partition coefficient (Wildman–Crippen LogP) is 2.79. The lowest BCUT2D eigenvalue weighted by Gasteiger charge is -2.35. The zero-order valence-electron chi connectivity index (χ0n) is 18.1. The largest absolute Gasteiger partial charge is 0.416 e. The van der Waals surface area contributed by atoms with Crippen LogP contribution in [0.4, 0.5) is 18.0 Å². The molecule has 9 heteroatoms. The zero-order chi connectivity index (χ0) is 23.0. The van der Waals surface area contributed by atoms with E-state index in [0.717, 1.165) is 38.1 Å². The minimum atomic E-state index is -4.41. The van der Waals surface area contributed by atoms with Crippen LogP contribution in [0.2, 0.25) is 0 Å². The molecule has 0 aromatic heterocycles. The smallest absolute Gasteiger partial charge is 0.342 e. The topological polar surface area (TPSA) is 55.9 Å². The van der Waals surface area contributed by atoms with Crippen molar-refractivity contribution < 1.29 is 22.8 Å². The van der Waals surface area contributed by atoms with Crippen molar-refractivity contribution in [1.29, 1.82) is 0 Å². The maximum Gasteiger partial charge on any atom is 0.416 e. The summed E-state index contributed by atoms with van der Waals surface area (Å²) in [7, 11) is 0. The fraction of sp³-hybridized carbons (Fsp3) is 0.565. The van der Waals surface area contributed by atoms with Crippen LogP contribution in [0.15, 0.2) is 24.3 Å². The number of alkyl halides is 3.